The number of aliphatic carboxylic acids is 1. The van der Waals surface area contributed by atoms with Crippen molar-refractivity contribution in [3.05, 3.63) is 12.2 Å². The first-order chi connectivity index (χ1) is 9.04. The molecule has 19 heavy (non-hydrogen) atoms. The topological polar surface area (TPSA) is 97.1 Å². The summed E-state index contributed by atoms with van der Waals surface area (Å²) >= 11 is 1.41. The Balaban J connectivity index is 2.45. The Kier molecular flexibility index (Phi) is 6.34. The van der Waals surface area contributed by atoms with Crippen LogP contribution in [-0.4, -0.2) is 43.5 Å². The Morgan fingerprint density at radius 1 is 1.58 bits per heavy atom. The Morgan fingerprint density at radius 3 is 2.89 bits per heavy atom. The Bertz CT molecular complexity index is 435. The van der Waals surface area contributed by atoms with E-state index in [0.717, 1.165) is 18.8 Å². The molecule has 1 heterocycles. The second-order valence-corrected chi connectivity index (χ2v) is 5.04. The third-order valence-corrected chi connectivity index (χ3v) is 3.35. The van der Waals surface area contributed by atoms with Crippen LogP contribution in [0.4, 0.5) is 0 Å². The summed E-state index contributed by atoms with van der Waals surface area (Å²) in [4.78, 5) is 25.9. The maximum Gasteiger partial charge on any atom is 0.327 e. The van der Waals surface area contributed by atoms with Crippen LogP contribution in [0.1, 0.15) is 26.1 Å². The van der Waals surface area contributed by atoms with Crippen LogP contribution in [0.3, 0.4) is 0 Å². The molecule has 0 fully saturated rings. The summed E-state index contributed by atoms with van der Waals surface area (Å²) in [5, 5.41) is 15.4. The van der Waals surface area contributed by atoms with Gasteiger partial charge in [-0.1, -0.05) is 6.92 Å². The van der Waals surface area contributed by atoms with E-state index in [1.807, 2.05) is 0 Å². The standard InChI is InChI=1S/C11H18N4O3S/c1-3-4-15-10(12-7-13-15)6-19-5-9(11(17)18)14-8(2)16/h7,9H,3-6H2,1-2H3,(H,14,16)(H,17,18)/t9-/m0/s1. The number of carbonyl (C=O) groups is 2. The van der Waals surface area contributed by atoms with Gasteiger partial charge in [0.15, 0.2) is 0 Å². The molecular weight excluding hydrogens is 268 g/mol. The van der Waals surface area contributed by atoms with Crippen molar-refractivity contribution in [3.8, 4) is 0 Å². The van der Waals surface area contributed by atoms with Gasteiger partial charge in [-0.3, -0.25) is 4.79 Å². The molecule has 1 aromatic rings. The Morgan fingerprint density at radius 2 is 2.32 bits per heavy atom. The molecule has 0 aliphatic carbocycles. The number of hydrogen-bond donors (Lipinski definition) is 2. The van der Waals surface area contributed by atoms with E-state index in [1.165, 1.54) is 25.0 Å². The largest absolute Gasteiger partial charge is 0.480 e. The minimum atomic E-state index is -1.03. The highest BCUT2D eigenvalue weighted by atomic mass is 32.2. The minimum absolute atomic E-state index is 0.300. The highest BCUT2D eigenvalue weighted by molar-refractivity contribution is 7.98. The van der Waals surface area contributed by atoms with Crippen LogP contribution in [0.15, 0.2) is 6.33 Å². The first-order valence-corrected chi connectivity index (χ1v) is 7.14. The zero-order valence-corrected chi connectivity index (χ0v) is 11.8. The van der Waals surface area contributed by atoms with E-state index >= 15 is 0 Å². The van der Waals surface area contributed by atoms with Crippen molar-refractivity contribution in [2.24, 2.45) is 0 Å². The quantitative estimate of drug-likeness (QED) is 0.722. The molecule has 1 rings (SSSR count). The number of carboxylic acids is 1. The van der Waals surface area contributed by atoms with Crippen molar-refractivity contribution >= 4 is 23.6 Å². The lowest BCUT2D eigenvalue weighted by Crippen LogP contribution is -2.41. The van der Waals surface area contributed by atoms with Crippen molar-refractivity contribution < 1.29 is 14.7 Å². The van der Waals surface area contributed by atoms with E-state index in [1.54, 1.807) is 4.68 Å². The van der Waals surface area contributed by atoms with Gasteiger partial charge in [0, 0.05) is 19.2 Å². The van der Waals surface area contributed by atoms with Crippen LogP contribution in [0, 0.1) is 0 Å². The molecule has 1 atom stereocenters. The average Bonchev–Trinajstić information content (AvgIpc) is 2.75. The highest BCUT2D eigenvalue weighted by Gasteiger charge is 2.18. The Hall–Kier alpha value is -1.57. The number of aryl methyl sites for hydroxylation is 1. The number of carbonyl (C=O) groups excluding carboxylic acids is 1. The summed E-state index contributed by atoms with van der Waals surface area (Å²) in [5.41, 5.74) is 0. The zero-order valence-electron chi connectivity index (χ0n) is 11.0. The monoisotopic (exact) mass is 286 g/mol. The smallest absolute Gasteiger partial charge is 0.327 e. The van der Waals surface area contributed by atoms with Gasteiger partial charge in [0.2, 0.25) is 5.91 Å². The van der Waals surface area contributed by atoms with Crippen LogP contribution in [0.25, 0.3) is 0 Å². The zero-order chi connectivity index (χ0) is 14.3. The number of aromatic nitrogens is 3. The van der Waals surface area contributed by atoms with Crippen molar-refractivity contribution in [1.29, 1.82) is 0 Å². The van der Waals surface area contributed by atoms with Gasteiger partial charge in [-0.05, 0) is 6.42 Å². The van der Waals surface area contributed by atoms with Crippen molar-refractivity contribution in [2.75, 3.05) is 5.75 Å². The molecule has 8 heteroatoms. The van der Waals surface area contributed by atoms with E-state index in [0.29, 0.717) is 11.5 Å². The van der Waals surface area contributed by atoms with Crippen LogP contribution in [0.5, 0.6) is 0 Å². The van der Waals surface area contributed by atoms with Gasteiger partial charge in [0.1, 0.15) is 18.2 Å². The summed E-state index contributed by atoms with van der Waals surface area (Å²) in [6.07, 6.45) is 2.46. The maximum atomic E-state index is 10.9. The first-order valence-electron chi connectivity index (χ1n) is 5.99. The van der Waals surface area contributed by atoms with E-state index in [-0.39, 0.29) is 5.91 Å². The third kappa shape index (κ3) is 5.29. The van der Waals surface area contributed by atoms with Gasteiger partial charge in [-0.2, -0.15) is 16.9 Å². The number of carboxylic acid groups (broad SMARTS) is 1. The lowest BCUT2D eigenvalue weighted by molar-refractivity contribution is -0.140. The molecular formula is C11H18N4O3S. The predicted molar refractivity (Wildman–Crippen MR) is 71.7 cm³/mol. The second-order valence-electron chi connectivity index (χ2n) is 4.01. The van der Waals surface area contributed by atoms with E-state index < -0.39 is 12.0 Å². The second kappa shape index (κ2) is 7.78. The van der Waals surface area contributed by atoms with Gasteiger partial charge < -0.3 is 10.4 Å². The maximum absolute atomic E-state index is 10.9. The number of hydrogen-bond acceptors (Lipinski definition) is 5. The summed E-state index contributed by atoms with van der Waals surface area (Å²) in [6.45, 7) is 4.15. The van der Waals surface area contributed by atoms with Crippen LogP contribution >= 0.6 is 11.8 Å². The van der Waals surface area contributed by atoms with Crippen LogP contribution in [0.2, 0.25) is 0 Å². The number of rotatable bonds is 8. The molecule has 1 aromatic heterocycles. The number of nitrogens with one attached hydrogen (secondary N) is 1. The molecule has 0 aliphatic rings. The van der Waals surface area contributed by atoms with Crippen molar-refractivity contribution in [2.45, 2.75) is 38.6 Å². The molecule has 1 amide bonds. The number of nitrogens with zero attached hydrogens (tertiary/aromatic N) is 3. The van der Waals surface area contributed by atoms with Gasteiger partial charge in [-0.25, -0.2) is 14.5 Å². The Labute approximate surface area is 115 Å². The molecule has 0 unspecified atom stereocenters. The molecule has 7 nitrogen and oxygen atoms in total. The lowest BCUT2D eigenvalue weighted by Gasteiger charge is -2.12. The lowest BCUT2D eigenvalue weighted by atomic mass is 10.3. The van der Waals surface area contributed by atoms with E-state index in [2.05, 4.69) is 22.3 Å². The molecule has 0 bridgehead atoms. The fourth-order valence-electron chi connectivity index (χ4n) is 1.49. The van der Waals surface area contributed by atoms with Crippen LogP contribution < -0.4 is 5.32 Å². The molecule has 0 radical (unpaired) electrons. The first kappa shape index (κ1) is 15.5. The van der Waals surface area contributed by atoms with Crippen molar-refractivity contribution in [1.82, 2.24) is 20.1 Å². The molecule has 0 saturated carbocycles. The average molecular weight is 286 g/mol. The van der Waals surface area contributed by atoms with Gasteiger partial charge >= 0.3 is 5.97 Å². The fourth-order valence-corrected chi connectivity index (χ4v) is 2.47. The number of thioether (sulfide) groups is 1. The summed E-state index contributed by atoms with van der Waals surface area (Å²) in [6, 6.07) is -0.870. The molecule has 0 aromatic carbocycles. The minimum Gasteiger partial charge on any atom is -0.480 e. The van der Waals surface area contributed by atoms with Gasteiger partial charge in [0.25, 0.3) is 0 Å². The predicted octanol–water partition coefficient (Wildman–Crippen LogP) is 0.511. The molecule has 0 saturated heterocycles. The SMILES string of the molecule is CCCn1ncnc1CSC[C@H](NC(C)=O)C(=O)O. The van der Waals surface area contributed by atoms with E-state index in [4.69, 9.17) is 5.11 Å². The van der Waals surface area contributed by atoms with Gasteiger partial charge in [-0.15, -0.1) is 0 Å². The fraction of sp³-hybridized carbons (Fsp3) is 0.636. The van der Waals surface area contributed by atoms with E-state index in [9.17, 15) is 9.59 Å². The van der Waals surface area contributed by atoms with Gasteiger partial charge in [0.05, 0.1) is 5.75 Å². The number of amides is 1. The molecule has 106 valence electrons. The summed E-state index contributed by atoms with van der Waals surface area (Å²) < 4.78 is 1.81. The normalized spacial score (nSPS) is 12.1. The van der Waals surface area contributed by atoms with Crippen LogP contribution in [-0.2, 0) is 21.9 Å². The summed E-state index contributed by atoms with van der Waals surface area (Å²) in [5.74, 6) is 0.316. The summed E-state index contributed by atoms with van der Waals surface area (Å²) in [7, 11) is 0. The van der Waals surface area contributed by atoms with Crippen molar-refractivity contribution in [3.63, 3.8) is 0 Å². The molecule has 0 aliphatic heterocycles. The third-order valence-electron chi connectivity index (χ3n) is 2.32. The highest BCUT2D eigenvalue weighted by Crippen LogP contribution is 2.11. The molecule has 2 N–H and O–H groups in total. The molecule has 0 spiro atoms.